The van der Waals surface area contributed by atoms with Gasteiger partial charge < -0.3 is 10.4 Å². The number of non-ortho nitro benzene ring substituents is 1. The normalized spacial score (nSPS) is 25.8. The summed E-state index contributed by atoms with van der Waals surface area (Å²) >= 11 is 0. The molecular weight excluding hydrogens is 260 g/mol. The van der Waals surface area contributed by atoms with Gasteiger partial charge in [0.1, 0.15) is 0 Å². The highest BCUT2D eigenvalue weighted by atomic mass is 32.2. The molecule has 1 saturated heterocycles. The number of aliphatic hydroxyl groups is 1. The Hall–Kier alpha value is -1.67. The molecule has 98 valence electrons. The summed E-state index contributed by atoms with van der Waals surface area (Å²) in [5, 5.41) is 23.0. The van der Waals surface area contributed by atoms with Gasteiger partial charge in [-0.3, -0.25) is 10.1 Å². The molecule has 1 aliphatic rings. The van der Waals surface area contributed by atoms with Crippen molar-refractivity contribution in [3.05, 3.63) is 34.4 Å². The first-order valence-corrected chi connectivity index (χ1v) is 7.09. The SMILES string of the molecule is O=[N+]([O-])c1cccc(N[C@H]2CS(=O)(=O)C[C@@H]2O)c1. The summed E-state index contributed by atoms with van der Waals surface area (Å²) in [6.45, 7) is 0. The van der Waals surface area contributed by atoms with Crippen LogP contribution in [0.1, 0.15) is 0 Å². The van der Waals surface area contributed by atoms with Crippen molar-refractivity contribution >= 4 is 21.2 Å². The van der Waals surface area contributed by atoms with Crippen molar-refractivity contribution in [3.8, 4) is 0 Å². The average molecular weight is 272 g/mol. The molecule has 8 heteroatoms. The van der Waals surface area contributed by atoms with Crippen LogP contribution < -0.4 is 5.32 Å². The van der Waals surface area contributed by atoms with E-state index in [1.54, 1.807) is 6.07 Å². The van der Waals surface area contributed by atoms with E-state index in [2.05, 4.69) is 5.32 Å². The fraction of sp³-hybridized carbons (Fsp3) is 0.400. The van der Waals surface area contributed by atoms with Gasteiger partial charge in [-0.15, -0.1) is 0 Å². The monoisotopic (exact) mass is 272 g/mol. The number of anilines is 1. The van der Waals surface area contributed by atoms with Crippen LogP contribution in [0, 0.1) is 10.1 Å². The van der Waals surface area contributed by atoms with Crippen LogP contribution in [0.4, 0.5) is 11.4 Å². The Morgan fingerprint density at radius 3 is 2.67 bits per heavy atom. The highest BCUT2D eigenvalue weighted by Gasteiger charge is 2.36. The van der Waals surface area contributed by atoms with Gasteiger partial charge in [0.15, 0.2) is 9.84 Å². The summed E-state index contributed by atoms with van der Waals surface area (Å²) in [5.74, 6) is -0.448. The molecule has 1 aromatic carbocycles. The zero-order chi connectivity index (χ0) is 13.3. The molecule has 0 spiro atoms. The van der Waals surface area contributed by atoms with Gasteiger partial charge in [0, 0.05) is 17.8 Å². The minimum atomic E-state index is -3.24. The number of sulfone groups is 1. The Labute approximate surface area is 104 Å². The molecule has 0 radical (unpaired) electrons. The molecule has 1 aliphatic heterocycles. The maximum atomic E-state index is 11.3. The first kappa shape index (κ1) is 12.8. The summed E-state index contributed by atoms with van der Waals surface area (Å²) in [7, 11) is -3.24. The van der Waals surface area contributed by atoms with E-state index >= 15 is 0 Å². The van der Waals surface area contributed by atoms with E-state index in [4.69, 9.17) is 0 Å². The summed E-state index contributed by atoms with van der Waals surface area (Å²) < 4.78 is 22.6. The Morgan fingerprint density at radius 2 is 2.11 bits per heavy atom. The first-order valence-electron chi connectivity index (χ1n) is 5.27. The van der Waals surface area contributed by atoms with Crippen LogP contribution in [-0.2, 0) is 9.84 Å². The summed E-state index contributed by atoms with van der Waals surface area (Å²) in [4.78, 5) is 10.1. The van der Waals surface area contributed by atoms with Crippen LogP contribution in [0.2, 0.25) is 0 Å². The largest absolute Gasteiger partial charge is 0.390 e. The standard InChI is InChI=1S/C10H12N2O5S/c13-10-6-18(16,17)5-9(10)11-7-2-1-3-8(4-7)12(14)15/h1-4,9-11,13H,5-6H2/t9-,10-/m0/s1. The van der Waals surface area contributed by atoms with Crippen molar-refractivity contribution in [1.29, 1.82) is 0 Å². The number of benzene rings is 1. The van der Waals surface area contributed by atoms with Gasteiger partial charge >= 0.3 is 0 Å². The lowest BCUT2D eigenvalue weighted by molar-refractivity contribution is -0.384. The summed E-state index contributed by atoms with van der Waals surface area (Å²) in [6.07, 6.45) is -0.991. The fourth-order valence-electron chi connectivity index (χ4n) is 1.89. The molecule has 2 N–H and O–H groups in total. The molecular formula is C10H12N2O5S. The molecule has 7 nitrogen and oxygen atoms in total. The summed E-state index contributed by atoms with van der Waals surface area (Å²) in [6, 6.07) is 5.10. The van der Waals surface area contributed by atoms with Crippen molar-refractivity contribution in [3.63, 3.8) is 0 Å². The average Bonchev–Trinajstić information content (AvgIpc) is 2.52. The highest BCUT2D eigenvalue weighted by molar-refractivity contribution is 7.91. The van der Waals surface area contributed by atoms with Crippen LogP contribution in [0.25, 0.3) is 0 Å². The number of nitro groups is 1. The zero-order valence-corrected chi connectivity index (χ0v) is 10.1. The molecule has 0 aromatic heterocycles. The number of aliphatic hydroxyl groups excluding tert-OH is 1. The van der Waals surface area contributed by atoms with Crippen molar-refractivity contribution in [2.24, 2.45) is 0 Å². The minimum Gasteiger partial charge on any atom is -0.390 e. The second-order valence-corrected chi connectivity index (χ2v) is 6.36. The van der Waals surface area contributed by atoms with E-state index in [-0.39, 0.29) is 17.2 Å². The Bertz CT molecular complexity index is 571. The van der Waals surface area contributed by atoms with Crippen LogP contribution in [0.3, 0.4) is 0 Å². The molecule has 2 atom stereocenters. The summed E-state index contributed by atoms with van der Waals surface area (Å²) in [5.41, 5.74) is 0.334. The lowest BCUT2D eigenvalue weighted by Crippen LogP contribution is -2.31. The van der Waals surface area contributed by atoms with E-state index in [1.165, 1.54) is 18.2 Å². The lowest BCUT2D eigenvalue weighted by atomic mass is 10.2. The van der Waals surface area contributed by atoms with Crippen LogP contribution in [0.5, 0.6) is 0 Å². The highest BCUT2D eigenvalue weighted by Crippen LogP contribution is 2.21. The Balaban J connectivity index is 2.15. The molecule has 1 heterocycles. The number of hydrogen-bond donors (Lipinski definition) is 2. The number of nitrogens with zero attached hydrogens (tertiary/aromatic N) is 1. The fourth-order valence-corrected chi connectivity index (χ4v) is 3.63. The second-order valence-electron chi connectivity index (χ2n) is 4.20. The van der Waals surface area contributed by atoms with Crippen molar-refractivity contribution in [2.75, 3.05) is 16.8 Å². The van der Waals surface area contributed by atoms with E-state index < -0.39 is 26.9 Å². The van der Waals surface area contributed by atoms with Crippen LogP contribution in [-0.4, -0.2) is 42.1 Å². The number of nitro benzene ring substituents is 1. The van der Waals surface area contributed by atoms with Gasteiger partial charge in [-0.2, -0.15) is 0 Å². The molecule has 2 rings (SSSR count). The van der Waals surface area contributed by atoms with Crippen molar-refractivity contribution < 1.29 is 18.4 Å². The lowest BCUT2D eigenvalue weighted by Gasteiger charge is -2.15. The van der Waals surface area contributed by atoms with Gasteiger partial charge in [0.2, 0.25) is 0 Å². The van der Waals surface area contributed by atoms with Crippen LogP contribution in [0.15, 0.2) is 24.3 Å². The third-order valence-corrected chi connectivity index (χ3v) is 4.45. The predicted octanol–water partition coefficient (Wildman–Crippen LogP) is 0.165. The second kappa shape index (κ2) is 4.54. The van der Waals surface area contributed by atoms with Gasteiger partial charge in [-0.05, 0) is 6.07 Å². The van der Waals surface area contributed by atoms with Gasteiger partial charge in [-0.25, -0.2) is 8.42 Å². The third-order valence-electron chi connectivity index (χ3n) is 2.73. The van der Waals surface area contributed by atoms with Gasteiger partial charge in [0.05, 0.1) is 28.6 Å². The Kier molecular flexibility index (Phi) is 3.22. The van der Waals surface area contributed by atoms with E-state index in [9.17, 15) is 23.6 Å². The molecule has 0 amide bonds. The minimum absolute atomic E-state index is 0.0876. The molecule has 0 aliphatic carbocycles. The van der Waals surface area contributed by atoms with E-state index in [0.29, 0.717) is 5.69 Å². The van der Waals surface area contributed by atoms with Crippen molar-refractivity contribution in [1.82, 2.24) is 0 Å². The predicted molar refractivity (Wildman–Crippen MR) is 65.2 cm³/mol. The zero-order valence-electron chi connectivity index (χ0n) is 9.31. The quantitative estimate of drug-likeness (QED) is 0.599. The van der Waals surface area contributed by atoms with Crippen molar-refractivity contribution in [2.45, 2.75) is 12.1 Å². The molecule has 0 saturated carbocycles. The van der Waals surface area contributed by atoms with Gasteiger partial charge in [0.25, 0.3) is 5.69 Å². The molecule has 1 fully saturated rings. The third kappa shape index (κ3) is 2.77. The number of hydrogen-bond acceptors (Lipinski definition) is 6. The topological polar surface area (TPSA) is 110 Å². The van der Waals surface area contributed by atoms with E-state index in [0.717, 1.165) is 0 Å². The maximum Gasteiger partial charge on any atom is 0.271 e. The maximum absolute atomic E-state index is 11.3. The molecule has 18 heavy (non-hydrogen) atoms. The molecule has 0 unspecified atom stereocenters. The first-order chi connectivity index (χ1) is 8.37. The van der Waals surface area contributed by atoms with E-state index in [1.807, 2.05) is 0 Å². The molecule has 0 bridgehead atoms. The number of nitrogens with one attached hydrogen (secondary N) is 1. The molecule has 1 aromatic rings. The number of rotatable bonds is 3. The van der Waals surface area contributed by atoms with Gasteiger partial charge in [-0.1, -0.05) is 6.07 Å². The Morgan fingerprint density at radius 1 is 1.39 bits per heavy atom. The smallest absolute Gasteiger partial charge is 0.271 e. The van der Waals surface area contributed by atoms with Crippen LogP contribution >= 0.6 is 0 Å².